The molecule has 2 fully saturated rings. The number of nitrogens with zero attached hydrogens (tertiary/aromatic N) is 2. The lowest BCUT2D eigenvalue weighted by atomic mass is 9.98. The van der Waals surface area contributed by atoms with E-state index in [9.17, 15) is 9.59 Å². The Morgan fingerprint density at radius 1 is 1.17 bits per heavy atom. The third-order valence-corrected chi connectivity index (χ3v) is 5.64. The second kappa shape index (κ2) is 7.30. The predicted octanol–water partition coefficient (Wildman–Crippen LogP) is 2.69. The van der Waals surface area contributed by atoms with Crippen molar-refractivity contribution < 1.29 is 9.59 Å². The molecule has 5 nitrogen and oxygen atoms in total. The number of hydrogen-bond acceptors (Lipinski definition) is 3. The first-order valence-corrected chi connectivity index (χ1v) is 9.05. The van der Waals surface area contributed by atoms with Crippen LogP contribution in [0.1, 0.15) is 25.7 Å². The van der Waals surface area contributed by atoms with Gasteiger partial charge >= 0.3 is 0 Å². The molecular weight excluding hydrogens is 349 g/mol. The van der Waals surface area contributed by atoms with Gasteiger partial charge in [0.25, 0.3) is 0 Å². The molecule has 0 bridgehead atoms. The lowest BCUT2D eigenvalue weighted by Crippen LogP contribution is -2.50. The summed E-state index contributed by atoms with van der Waals surface area (Å²) in [6.45, 7) is 1.65. The second-order valence-corrected chi connectivity index (χ2v) is 7.16. The van der Waals surface area contributed by atoms with Gasteiger partial charge in [0.15, 0.2) is 0 Å². The molecule has 0 aliphatic carbocycles. The molecule has 0 radical (unpaired) electrons. The average molecular weight is 370 g/mol. The van der Waals surface area contributed by atoms with Crippen molar-refractivity contribution in [2.75, 3.05) is 24.5 Å². The number of piperidine rings is 1. The van der Waals surface area contributed by atoms with Crippen molar-refractivity contribution in [1.29, 1.82) is 0 Å². The fourth-order valence-electron chi connectivity index (χ4n) is 3.55. The molecule has 0 spiro atoms. The molecule has 130 valence electrons. The number of likely N-dealkylation sites (tertiary alicyclic amines) is 1. The number of halogens is 2. The van der Waals surface area contributed by atoms with Gasteiger partial charge in [-0.05, 0) is 43.9 Å². The van der Waals surface area contributed by atoms with Gasteiger partial charge in [0.05, 0.1) is 10.0 Å². The van der Waals surface area contributed by atoms with E-state index in [1.165, 1.54) is 0 Å². The van der Waals surface area contributed by atoms with Gasteiger partial charge in [0.1, 0.15) is 5.92 Å². The highest BCUT2D eigenvalue weighted by Crippen LogP contribution is 2.32. The number of nitrogens with two attached hydrogens (primary N) is 1. The third kappa shape index (κ3) is 3.25. The van der Waals surface area contributed by atoms with Crippen LogP contribution < -0.4 is 10.6 Å². The summed E-state index contributed by atoms with van der Waals surface area (Å²) >= 11 is 12.0. The zero-order valence-corrected chi connectivity index (χ0v) is 14.9. The third-order valence-electron chi connectivity index (χ3n) is 4.90. The van der Waals surface area contributed by atoms with E-state index in [2.05, 4.69) is 0 Å². The Kier molecular flexibility index (Phi) is 5.33. The SMILES string of the molecule is NCC1CCCCN1C(=O)C1CCN(c2ccc(Cl)c(Cl)c2)C1=O. The molecule has 7 heteroatoms. The number of amides is 2. The van der Waals surface area contributed by atoms with Crippen molar-refractivity contribution in [3.8, 4) is 0 Å². The van der Waals surface area contributed by atoms with Gasteiger partial charge in [-0.3, -0.25) is 9.59 Å². The minimum absolute atomic E-state index is 0.0538. The molecule has 2 N–H and O–H groups in total. The summed E-state index contributed by atoms with van der Waals surface area (Å²) in [4.78, 5) is 29.0. The molecule has 2 heterocycles. The zero-order valence-electron chi connectivity index (χ0n) is 13.4. The van der Waals surface area contributed by atoms with E-state index in [1.807, 2.05) is 4.90 Å². The number of rotatable bonds is 3. The molecule has 3 rings (SSSR count). The van der Waals surface area contributed by atoms with E-state index in [0.717, 1.165) is 19.3 Å². The van der Waals surface area contributed by atoms with Crippen LogP contribution >= 0.6 is 23.2 Å². The van der Waals surface area contributed by atoms with Crippen LogP contribution in [-0.4, -0.2) is 42.4 Å². The van der Waals surface area contributed by atoms with Crippen LogP contribution in [0.5, 0.6) is 0 Å². The van der Waals surface area contributed by atoms with Crippen LogP contribution in [0.2, 0.25) is 10.0 Å². The first-order valence-electron chi connectivity index (χ1n) is 8.30. The monoisotopic (exact) mass is 369 g/mol. The van der Waals surface area contributed by atoms with Gasteiger partial charge < -0.3 is 15.5 Å². The van der Waals surface area contributed by atoms with E-state index in [4.69, 9.17) is 28.9 Å². The highest BCUT2D eigenvalue weighted by molar-refractivity contribution is 6.42. The molecule has 1 aromatic rings. The number of anilines is 1. The Balaban J connectivity index is 1.75. The fraction of sp³-hybridized carbons (Fsp3) is 0.529. The Morgan fingerprint density at radius 3 is 2.67 bits per heavy atom. The van der Waals surface area contributed by atoms with Gasteiger partial charge in [0.2, 0.25) is 11.8 Å². The van der Waals surface area contributed by atoms with Gasteiger partial charge in [-0.25, -0.2) is 0 Å². The molecular formula is C17H21Cl2N3O2. The smallest absolute Gasteiger partial charge is 0.239 e. The fourth-order valence-corrected chi connectivity index (χ4v) is 3.85. The van der Waals surface area contributed by atoms with E-state index in [-0.39, 0.29) is 17.9 Å². The second-order valence-electron chi connectivity index (χ2n) is 6.35. The van der Waals surface area contributed by atoms with Crippen LogP contribution in [0.25, 0.3) is 0 Å². The maximum atomic E-state index is 12.9. The van der Waals surface area contributed by atoms with E-state index in [0.29, 0.717) is 41.8 Å². The van der Waals surface area contributed by atoms with Crippen molar-refractivity contribution >= 4 is 40.7 Å². The van der Waals surface area contributed by atoms with Crippen LogP contribution in [-0.2, 0) is 9.59 Å². The predicted molar refractivity (Wildman–Crippen MR) is 95.3 cm³/mol. The molecule has 2 aliphatic heterocycles. The number of carbonyl (C=O) groups excluding carboxylic acids is 2. The van der Waals surface area contributed by atoms with Crippen LogP contribution in [0, 0.1) is 5.92 Å². The summed E-state index contributed by atoms with van der Waals surface area (Å²) in [5.74, 6) is -0.871. The topological polar surface area (TPSA) is 66.6 Å². The molecule has 2 atom stereocenters. The molecule has 2 amide bonds. The Bertz CT molecular complexity index is 653. The first-order chi connectivity index (χ1) is 11.5. The van der Waals surface area contributed by atoms with E-state index in [1.54, 1.807) is 23.1 Å². The molecule has 0 aromatic heterocycles. The van der Waals surface area contributed by atoms with Crippen LogP contribution in [0.4, 0.5) is 5.69 Å². The van der Waals surface area contributed by atoms with Crippen LogP contribution in [0.15, 0.2) is 18.2 Å². The van der Waals surface area contributed by atoms with Crippen molar-refractivity contribution in [2.45, 2.75) is 31.7 Å². The van der Waals surface area contributed by atoms with Crippen molar-refractivity contribution in [3.05, 3.63) is 28.2 Å². The molecule has 2 saturated heterocycles. The lowest BCUT2D eigenvalue weighted by Gasteiger charge is -2.36. The molecule has 24 heavy (non-hydrogen) atoms. The van der Waals surface area contributed by atoms with E-state index >= 15 is 0 Å². The van der Waals surface area contributed by atoms with Gasteiger partial charge in [0, 0.05) is 31.4 Å². The largest absolute Gasteiger partial charge is 0.338 e. The first kappa shape index (κ1) is 17.5. The molecule has 2 unspecified atom stereocenters. The van der Waals surface area contributed by atoms with Crippen molar-refractivity contribution in [2.24, 2.45) is 11.7 Å². The van der Waals surface area contributed by atoms with Crippen LogP contribution in [0.3, 0.4) is 0 Å². The summed E-state index contributed by atoms with van der Waals surface area (Å²) in [6, 6.07) is 5.13. The average Bonchev–Trinajstić information content (AvgIpc) is 2.98. The highest BCUT2D eigenvalue weighted by Gasteiger charge is 2.41. The normalized spacial score (nSPS) is 24.5. The van der Waals surface area contributed by atoms with Gasteiger partial charge in [-0.15, -0.1) is 0 Å². The Morgan fingerprint density at radius 2 is 1.96 bits per heavy atom. The lowest BCUT2D eigenvalue weighted by molar-refractivity contribution is -0.142. The molecule has 2 aliphatic rings. The van der Waals surface area contributed by atoms with Crippen molar-refractivity contribution in [3.63, 3.8) is 0 Å². The number of hydrogen-bond donors (Lipinski definition) is 1. The standard InChI is InChI=1S/C17H21Cl2N3O2/c18-14-5-4-11(9-15(14)19)22-8-6-13(17(22)24)16(23)21-7-2-1-3-12(21)10-20/h4-5,9,12-13H,1-3,6-8,10,20H2. The maximum Gasteiger partial charge on any atom is 0.239 e. The summed E-state index contributed by atoms with van der Waals surface area (Å²) < 4.78 is 0. The summed E-state index contributed by atoms with van der Waals surface area (Å²) in [5.41, 5.74) is 6.48. The quantitative estimate of drug-likeness (QED) is 0.832. The van der Waals surface area contributed by atoms with Gasteiger partial charge in [-0.1, -0.05) is 23.2 Å². The van der Waals surface area contributed by atoms with Crippen molar-refractivity contribution in [1.82, 2.24) is 4.90 Å². The molecule has 0 saturated carbocycles. The summed E-state index contributed by atoms with van der Waals surface area (Å²) in [6.07, 6.45) is 3.49. The molecule has 1 aromatic carbocycles. The van der Waals surface area contributed by atoms with E-state index < -0.39 is 5.92 Å². The Hall–Kier alpha value is -1.30. The Labute approximate surface area is 151 Å². The summed E-state index contributed by atoms with van der Waals surface area (Å²) in [5, 5.41) is 0.842. The summed E-state index contributed by atoms with van der Waals surface area (Å²) in [7, 11) is 0. The minimum atomic E-state index is -0.619. The number of benzene rings is 1. The highest BCUT2D eigenvalue weighted by atomic mass is 35.5. The zero-order chi connectivity index (χ0) is 17.3. The number of carbonyl (C=O) groups is 2. The maximum absolute atomic E-state index is 12.9. The minimum Gasteiger partial charge on any atom is -0.338 e. The van der Waals surface area contributed by atoms with Gasteiger partial charge in [-0.2, -0.15) is 0 Å².